The van der Waals surface area contributed by atoms with Crippen molar-refractivity contribution in [2.24, 2.45) is 0 Å². The van der Waals surface area contributed by atoms with Crippen LogP contribution in [0.3, 0.4) is 0 Å². The summed E-state index contributed by atoms with van der Waals surface area (Å²) in [4.78, 5) is 29.7. The molecule has 0 aliphatic heterocycles. The predicted octanol–water partition coefficient (Wildman–Crippen LogP) is 5.20. The third-order valence-electron chi connectivity index (χ3n) is 4.84. The third-order valence-corrected chi connectivity index (χ3v) is 7.03. The molecule has 1 aromatic heterocycles. The number of hydrogen-bond donors (Lipinski definition) is 2. The molecule has 2 N–H and O–H groups in total. The summed E-state index contributed by atoms with van der Waals surface area (Å²) in [5, 5.41) is 7.98. The number of benzene rings is 2. The quantitative estimate of drug-likeness (QED) is 0.437. The van der Waals surface area contributed by atoms with Gasteiger partial charge in [-0.05, 0) is 49.6 Å². The molecule has 2 amide bonds. The van der Waals surface area contributed by atoms with Crippen LogP contribution in [0.15, 0.2) is 58.3 Å². The average Bonchev–Trinajstić information content (AvgIpc) is 3.21. The lowest BCUT2D eigenvalue weighted by Crippen LogP contribution is -2.32. The van der Waals surface area contributed by atoms with Gasteiger partial charge in [0.05, 0.1) is 0 Å². The minimum Gasteiger partial charge on any atom is -0.350 e. The predicted molar refractivity (Wildman–Crippen MR) is 128 cm³/mol. The maximum Gasteiger partial charge on any atom is 0.251 e. The van der Waals surface area contributed by atoms with Crippen LogP contribution in [-0.4, -0.2) is 22.8 Å². The largest absolute Gasteiger partial charge is 0.350 e. The van der Waals surface area contributed by atoms with Gasteiger partial charge in [-0.1, -0.05) is 49.0 Å². The number of aromatic nitrogens is 1. The molecule has 3 aromatic rings. The van der Waals surface area contributed by atoms with Gasteiger partial charge < -0.3 is 10.6 Å². The second-order valence-electron chi connectivity index (χ2n) is 7.37. The normalized spacial score (nSPS) is 11.7. The van der Waals surface area contributed by atoms with E-state index in [2.05, 4.69) is 15.6 Å². The van der Waals surface area contributed by atoms with Crippen molar-refractivity contribution in [3.8, 4) is 0 Å². The fourth-order valence-electron chi connectivity index (χ4n) is 2.92. The highest BCUT2D eigenvalue weighted by atomic mass is 32.2. The summed E-state index contributed by atoms with van der Waals surface area (Å²) < 4.78 is 1.00. The first-order valence-electron chi connectivity index (χ1n) is 10.3. The van der Waals surface area contributed by atoms with Gasteiger partial charge >= 0.3 is 0 Å². The van der Waals surface area contributed by atoms with E-state index >= 15 is 0 Å². The molecular formula is C24H27N3O2S2. The van der Waals surface area contributed by atoms with Gasteiger partial charge in [0.15, 0.2) is 0 Å². The number of carbonyl (C=O) groups is 2. The molecular weight excluding hydrogens is 426 g/mol. The number of rotatable bonds is 9. The van der Waals surface area contributed by atoms with Crippen LogP contribution in [0.4, 0.5) is 0 Å². The molecule has 2 aromatic carbocycles. The standard InChI is InChI=1S/C24H27N3O2S2/c1-4-16(2)26-22(28)19-10-7-8-18(12-19)13-25-23(29)21-11-6-5-9-20(21)15-31-24-27-17(3)14-30-24/h5-12,14,16H,4,13,15H2,1-3H3,(H,25,29)(H,26,28). The molecule has 3 rings (SSSR count). The molecule has 0 saturated carbocycles. The number of amides is 2. The summed E-state index contributed by atoms with van der Waals surface area (Å²) in [6.07, 6.45) is 0.876. The van der Waals surface area contributed by atoms with Crippen LogP contribution < -0.4 is 10.6 Å². The average molecular weight is 454 g/mol. The molecule has 31 heavy (non-hydrogen) atoms. The van der Waals surface area contributed by atoms with Crippen molar-refractivity contribution in [1.82, 2.24) is 15.6 Å². The van der Waals surface area contributed by atoms with Gasteiger partial charge in [-0.15, -0.1) is 11.3 Å². The molecule has 0 fully saturated rings. The SMILES string of the molecule is CCC(C)NC(=O)c1cccc(CNC(=O)c2ccccc2CSc2nc(C)cs2)c1. The van der Waals surface area contributed by atoms with Crippen molar-refractivity contribution in [2.45, 2.75) is 49.9 Å². The smallest absolute Gasteiger partial charge is 0.251 e. The highest BCUT2D eigenvalue weighted by Gasteiger charge is 2.13. The summed E-state index contributed by atoms with van der Waals surface area (Å²) in [6.45, 7) is 6.35. The maximum absolute atomic E-state index is 12.8. The van der Waals surface area contributed by atoms with Crippen molar-refractivity contribution in [3.05, 3.63) is 81.9 Å². The lowest BCUT2D eigenvalue weighted by atomic mass is 10.1. The maximum atomic E-state index is 12.8. The lowest BCUT2D eigenvalue weighted by Gasteiger charge is -2.13. The zero-order chi connectivity index (χ0) is 22.2. The van der Waals surface area contributed by atoms with E-state index in [9.17, 15) is 9.59 Å². The number of nitrogens with one attached hydrogen (secondary N) is 2. The van der Waals surface area contributed by atoms with Gasteiger partial charge in [0, 0.05) is 40.5 Å². The Morgan fingerprint density at radius 3 is 2.68 bits per heavy atom. The van der Waals surface area contributed by atoms with Crippen LogP contribution in [0.25, 0.3) is 0 Å². The Kier molecular flexibility index (Phi) is 8.26. The Morgan fingerprint density at radius 2 is 1.94 bits per heavy atom. The summed E-state index contributed by atoms with van der Waals surface area (Å²) in [5.41, 5.74) is 4.13. The Labute approximate surface area is 191 Å². The van der Waals surface area contributed by atoms with Gasteiger partial charge in [-0.3, -0.25) is 9.59 Å². The highest BCUT2D eigenvalue weighted by Crippen LogP contribution is 2.27. The van der Waals surface area contributed by atoms with E-state index in [1.54, 1.807) is 29.2 Å². The van der Waals surface area contributed by atoms with E-state index in [4.69, 9.17) is 0 Å². The molecule has 0 spiro atoms. The van der Waals surface area contributed by atoms with Crippen molar-refractivity contribution in [3.63, 3.8) is 0 Å². The number of thioether (sulfide) groups is 1. The molecule has 0 aliphatic rings. The van der Waals surface area contributed by atoms with Gasteiger partial charge in [-0.25, -0.2) is 4.98 Å². The van der Waals surface area contributed by atoms with Crippen LogP contribution >= 0.6 is 23.1 Å². The third kappa shape index (κ3) is 6.67. The van der Waals surface area contributed by atoms with Gasteiger partial charge in [0.25, 0.3) is 11.8 Å². The fraction of sp³-hybridized carbons (Fsp3) is 0.292. The van der Waals surface area contributed by atoms with E-state index in [1.165, 1.54) is 0 Å². The van der Waals surface area contributed by atoms with Crippen LogP contribution in [0.2, 0.25) is 0 Å². The summed E-state index contributed by atoms with van der Waals surface area (Å²) in [6, 6.07) is 15.1. The molecule has 7 heteroatoms. The van der Waals surface area contributed by atoms with Crippen molar-refractivity contribution < 1.29 is 9.59 Å². The first kappa shape index (κ1) is 23.0. The second-order valence-corrected chi connectivity index (χ2v) is 9.45. The number of hydrogen-bond acceptors (Lipinski definition) is 5. The van der Waals surface area contributed by atoms with Crippen molar-refractivity contribution in [1.29, 1.82) is 0 Å². The van der Waals surface area contributed by atoms with Gasteiger partial charge in [-0.2, -0.15) is 0 Å². The molecule has 1 atom stereocenters. The molecule has 0 bridgehead atoms. The topological polar surface area (TPSA) is 71.1 Å². The number of thiazole rings is 1. The van der Waals surface area contributed by atoms with E-state index in [0.717, 1.165) is 27.6 Å². The van der Waals surface area contributed by atoms with Gasteiger partial charge in [0.2, 0.25) is 0 Å². The summed E-state index contributed by atoms with van der Waals surface area (Å²) >= 11 is 3.25. The Morgan fingerprint density at radius 1 is 1.13 bits per heavy atom. The van der Waals surface area contributed by atoms with Crippen LogP contribution in [-0.2, 0) is 12.3 Å². The molecule has 0 saturated heterocycles. The minimum absolute atomic E-state index is 0.0951. The van der Waals surface area contributed by atoms with Crippen LogP contribution in [0, 0.1) is 6.92 Å². The Bertz CT molecular complexity index is 1050. The number of carbonyl (C=O) groups excluding carboxylic acids is 2. The molecule has 1 heterocycles. The van der Waals surface area contributed by atoms with Crippen molar-refractivity contribution >= 4 is 34.9 Å². The highest BCUT2D eigenvalue weighted by molar-refractivity contribution is 8.00. The van der Waals surface area contributed by atoms with E-state index < -0.39 is 0 Å². The zero-order valence-electron chi connectivity index (χ0n) is 18.0. The lowest BCUT2D eigenvalue weighted by molar-refractivity contribution is 0.0936. The zero-order valence-corrected chi connectivity index (χ0v) is 19.6. The van der Waals surface area contributed by atoms with Crippen LogP contribution in [0.1, 0.15) is 57.8 Å². The molecule has 5 nitrogen and oxygen atoms in total. The number of nitrogens with zero attached hydrogens (tertiary/aromatic N) is 1. The minimum atomic E-state index is -0.124. The number of aryl methyl sites for hydroxylation is 1. The second kappa shape index (κ2) is 11.1. The molecule has 162 valence electrons. The monoisotopic (exact) mass is 453 g/mol. The van der Waals surface area contributed by atoms with Gasteiger partial charge in [0.1, 0.15) is 4.34 Å². The summed E-state index contributed by atoms with van der Waals surface area (Å²) in [5.74, 6) is 0.463. The van der Waals surface area contributed by atoms with E-state index in [-0.39, 0.29) is 17.9 Å². The molecule has 0 aliphatic carbocycles. The first-order valence-corrected chi connectivity index (χ1v) is 12.1. The molecule has 0 radical (unpaired) electrons. The summed E-state index contributed by atoms with van der Waals surface area (Å²) in [7, 11) is 0. The first-order chi connectivity index (χ1) is 15.0. The van der Waals surface area contributed by atoms with E-state index in [0.29, 0.717) is 23.4 Å². The van der Waals surface area contributed by atoms with E-state index in [1.807, 2.05) is 68.6 Å². The fourth-order valence-corrected chi connectivity index (χ4v) is 4.77. The van der Waals surface area contributed by atoms with Crippen molar-refractivity contribution in [2.75, 3.05) is 0 Å². The van der Waals surface area contributed by atoms with Crippen LogP contribution in [0.5, 0.6) is 0 Å². The molecule has 1 unspecified atom stereocenters. The Balaban J connectivity index is 1.62. The Hall–Kier alpha value is -2.64.